The van der Waals surface area contributed by atoms with Gasteiger partial charge in [-0.05, 0) is 37.7 Å². The van der Waals surface area contributed by atoms with Crippen LogP contribution in [0.3, 0.4) is 0 Å². The van der Waals surface area contributed by atoms with E-state index >= 15 is 0 Å². The third kappa shape index (κ3) is 3.26. The van der Waals surface area contributed by atoms with Crippen molar-refractivity contribution in [3.8, 4) is 0 Å². The lowest BCUT2D eigenvalue weighted by atomic mass is 10.2. The number of hydrogen-bond donors (Lipinski definition) is 1. The first kappa shape index (κ1) is 14.7. The van der Waals surface area contributed by atoms with E-state index in [1.54, 1.807) is 13.0 Å². The maximum absolute atomic E-state index is 12.0. The van der Waals surface area contributed by atoms with Gasteiger partial charge in [-0.15, -0.1) is 0 Å². The molecule has 0 fully saturated rings. The highest BCUT2D eigenvalue weighted by Crippen LogP contribution is 2.37. The van der Waals surface area contributed by atoms with Gasteiger partial charge in [0, 0.05) is 5.69 Å². The van der Waals surface area contributed by atoms with Crippen molar-refractivity contribution in [2.75, 3.05) is 12.3 Å². The smallest absolute Gasteiger partial charge is 0.339 e. The monoisotopic (exact) mass is 312 g/mol. The average Bonchev–Trinajstić information content (AvgIpc) is 2.78. The molecule has 7 heteroatoms. The van der Waals surface area contributed by atoms with Crippen molar-refractivity contribution in [2.24, 2.45) is 0 Å². The zero-order valence-corrected chi connectivity index (χ0v) is 12.5. The molecule has 0 atom stereocenters. The Labute approximate surface area is 125 Å². The number of oxazole rings is 1. The summed E-state index contributed by atoms with van der Waals surface area (Å²) in [6, 6.07) is 3.10. The fourth-order valence-corrected chi connectivity index (χ4v) is 2.76. The summed E-state index contributed by atoms with van der Waals surface area (Å²) in [4.78, 5) is 16.6. The number of esters is 1. The van der Waals surface area contributed by atoms with E-state index in [0.717, 1.165) is 17.5 Å². The molecule has 106 valence electrons. The molecule has 1 aromatic carbocycles. The molecule has 0 aliphatic carbocycles. The van der Waals surface area contributed by atoms with Gasteiger partial charge in [0.05, 0.1) is 27.8 Å². The van der Waals surface area contributed by atoms with Crippen LogP contribution in [0.25, 0.3) is 0 Å². The number of nitrogen functional groups attached to an aromatic ring is 1. The largest absolute Gasteiger partial charge is 0.462 e. The molecule has 2 N–H and O–H groups in total. The van der Waals surface area contributed by atoms with Gasteiger partial charge in [0.25, 0.3) is 5.22 Å². The summed E-state index contributed by atoms with van der Waals surface area (Å²) in [5.41, 5.74) is 7.16. The molecule has 0 radical (unpaired) electrons. The fraction of sp³-hybridized carbons (Fsp3) is 0.231. The third-order valence-electron chi connectivity index (χ3n) is 2.35. The van der Waals surface area contributed by atoms with Crippen LogP contribution in [-0.2, 0) is 4.74 Å². The van der Waals surface area contributed by atoms with Gasteiger partial charge in [0.2, 0.25) is 0 Å². The third-order valence-corrected chi connectivity index (χ3v) is 3.76. The maximum atomic E-state index is 12.0. The SMILES string of the molecule is CCOC(=O)c1cc(N)cc(Cl)c1Sc1nc(C)co1. The number of halogens is 1. The second-order valence-corrected chi connectivity index (χ2v) is 5.33. The second kappa shape index (κ2) is 6.19. The van der Waals surface area contributed by atoms with E-state index in [-0.39, 0.29) is 6.61 Å². The van der Waals surface area contributed by atoms with Gasteiger partial charge in [-0.25, -0.2) is 9.78 Å². The average molecular weight is 313 g/mol. The van der Waals surface area contributed by atoms with Gasteiger partial charge >= 0.3 is 5.97 Å². The summed E-state index contributed by atoms with van der Waals surface area (Å²) in [5.74, 6) is -0.479. The Morgan fingerprint density at radius 2 is 2.30 bits per heavy atom. The van der Waals surface area contributed by atoms with Crippen molar-refractivity contribution in [1.82, 2.24) is 4.98 Å². The van der Waals surface area contributed by atoms with E-state index in [1.165, 1.54) is 12.3 Å². The molecule has 0 bridgehead atoms. The van der Waals surface area contributed by atoms with E-state index in [2.05, 4.69) is 4.98 Å². The molecular formula is C13H13ClN2O3S. The van der Waals surface area contributed by atoms with Gasteiger partial charge in [-0.2, -0.15) is 0 Å². The Morgan fingerprint density at radius 1 is 1.55 bits per heavy atom. The van der Waals surface area contributed by atoms with Crippen LogP contribution in [0.4, 0.5) is 5.69 Å². The number of ether oxygens (including phenoxy) is 1. The van der Waals surface area contributed by atoms with Crippen LogP contribution in [0.5, 0.6) is 0 Å². The van der Waals surface area contributed by atoms with Gasteiger partial charge < -0.3 is 14.9 Å². The summed E-state index contributed by atoms with van der Waals surface area (Å²) >= 11 is 7.32. The normalized spacial score (nSPS) is 10.6. The molecule has 0 amide bonds. The molecule has 2 aromatic rings. The van der Waals surface area contributed by atoms with Gasteiger partial charge in [-0.3, -0.25) is 0 Å². The Morgan fingerprint density at radius 3 is 2.90 bits per heavy atom. The predicted molar refractivity (Wildman–Crippen MR) is 77.2 cm³/mol. The van der Waals surface area contributed by atoms with Crippen LogP contribution in [0, 0.1) is 6.92 Å². The fourth-order valence-electron chi connectivity index (χ4n) is 1.55. The summed E-state index contributed by atoms with van der Waals surface area (Å²) in [5, 5.41) is 0.758. The maximum Gasteiger partial charge on any atom is 0.339 e. The Balaban J connectivity index is 2.42. The summed E-state index contributed by atoms with van der Waals surface area (Å²) < 4.78 is 10.3. The lowest BCUT2D eigenvalue weighted by Crippen LogP contribution is -2.07. The van der Waals surface area contributed by atoms with Crippen LogP contribution >= 0.6 is 23.4 Å². The van der Waals surface area contributed by atoms with Crippen molar-refractivity contribution < 1.29 is 13.9 Å². The molecule has 0 aliphatic rings. The number of aromatic nitrogens is 1. The summed E-state index contributed by atoms with van der Waals surface area (Å²) in [6.45, 7) is 3.81. The number of carbonyl (C=O) groups excluding carboxylic acids is 1. The van der Waals surface area contributed by atoms with E-state index < -0.39 is 5.97 Å². The number of aryl methyl sites for hydroxylation is 1. The summed E-state index contributed by atoms with van der Waals surface area (Å²) in [7, 11) is 0. The number of carbonyl (C=O) groups is 1. The van der Waals surface area contributed by atoms with Crippen molar-refractivity contribution in [3.63, 3.8) is 0 Å². The first-order chi connectivity index (χ1) is 9.51. The van der Waals surface area contributed by atoms with Crippen LogP contribution in [0.1, 0.15) is 23.0 Å². The van der Waals surface area contributed by atoms with E-state index in [0.29, 0.717) is 26.4 Å². The topological polar surface area (TPSA) is 78.4 Å². The van der Waals surface area contributed by atoms with Gasteiger partial charge in [-0.1, -0.05) is 11.6 Å². The van der Waals surface area contributed by atoms with Crippen molar-refractivity contribution in [2.45, 2.75) is 24.0 Å². The van der Waals surface area contributed by atoms with Crippen LogP contribution < -0.4 is 5.73 Å². The van der Waals surface area contributed by atoms with Gasteiger partial charge in [0.1, 0.15) is 6.26 Å². The molecular weight excluding hydrogens is 300 g/mol. The molecule has 0 aliphatic heterocycles. The number of rotatable bonds is 4. The van der Waals surface area contributed by atoms with Crippen molar-refractivity contribution in [1.29, 1.82) is 0 Å². The Bertz CT molecular complexity index is 643. The van der Waals surface area contributed by atoms with Crippen molar-refractivity contribution in [3.05, 3.63) is 34.7 Å². The molecule has 0 unspecified atom stereocenters. The van der Waals surface area contributed by atoms with Crippen LogP contribution in [0.15, 0.2) is 32.9 Å². The van der Waals surface area contributed by atoms with E-state index in [1.807, 2.05) is 6.92 Å². The number of benzene rings is 1. The minimum Gasteiger partial charge on any atom is -0.462 e. The minimum absolute atomic E-state index is 0.271. The number of nitrogens with two attached hydrogens (primary N) is 1. The molecule has 20 heavy (non-hydrogen) atoms. The number of hydrogen-bond acceptors (Lipinski definition) is 6. The first-order valence-corrected chi connectivity index (χ1v) is 7.06. The molecule has 2 rings (SSSR count). The lowest BCUT2D eigenvalue weighted by molar-refractivity contribution is 0.0522. The Kier molecular flexibility index (Phi) is 4.57. The number of anilines is 1. The zero-order valence-electron chi connectivity index (χ0n) is 11.0. The molecule has 0 spiro atoms. The van der Waals surface area contributed by atoms with Crippen LogP contribution in [-0.4, -0.2) is 17.6 Å². The predicted octanol–water partition coefficient (Wildman–Crippen LogP) is 3.55. The quantitative estimate of drug-likeness (QED) is 0.687. The Hall–Kier alpha value is -1.66. The van der Waals surface area contributed by atoms with Crippen LogP contribution in [0.2, 0.25) is 5.02 Å². The molecule has 1 heterocycles. The second-order valence-electron chi connectivity index (χ2n) is 3.96. The molecule has 5 nitrogen and oxygen atoms in total. The number of nitrogens with zero attached hydrogens (tertiary/aromatic N) is 1. The highest BCUT2D eigenvalue weighted by atomic mass is 35.5. The summed E-state index contributed by atoms with van der Waals surface area (Å²) in [6.07, 6.45) is 1.53. The van der Waals surface area contributed by atoms with Crippen molar-refractivity contribution >= 4 is 35.0 Å². The molecule has 1 aromatic heterocycles. The van der Waals surface area contributed by atoms with E-state index in [9.17, 15) is 4.79 Å². The highest BCUT2D eigenvalue weighted by molar-refractivity contribution is 7.99. The van der Waals surface area contributed by atoms with E-state index in [4.69, 9.17) is 26.5 Å². The zero-order chi connectivity index (χ0) is 14.7. The standard InChI is InChI=1S/C13H13ClN2O3S/c1-3-18-12(17)9-4-8(15)5-10(14)11(9)20-13-16-7(2)6-19-13/h4-6H,3,15H2,1-2H3. The minimum atomic E-state index is -0.479. The van der Waals surface area contributed by atoms with Gasteiger partial charge in [0.15, 0.2) is 0 Å². The molecule has 0 saturated heterocycles. The highest BCUT2D eigenvalue weighted by Gasteiger charge is 2.19. The lowest BCUT2D eigenvalue weighted by Gasteiger charge is -2.10. The molecule has 0 saturated carbocycles. The first-order valence-electron chi connectivity index (χ1n) is 5.87.